The molecule has 0 unspecified atom stereocenters. The fraction of sp³-hybridized carbons (Fsp3) is 0.529. The van der Waals surface area contributed by atoms with E-state index in [2.05, 4.69) is 17.2 Å². The number of thioether (sulfide) groups is 1. The van der Waals surface area contributed by atoms with Crippen LogP contribution in [0.1, 0.15) is 36.5 Å². The van der Waals surface area contributed by atoms with Crippen LogP contribution < -0.4 is 5.32 Å². The standard InChI is InChI=1S/C17H25N3O2S/c1-4-23-10-7-12(2)18-17(22)14-5-6-16-15(11-14)19-13(3)20(16)8-9-21/h5-6,11-12,21H,4,7-10H2,1-3H3,(H,18,22)/t12-/m1/s1. The van der Waals surface area contributed by atoms with Gasteiger partial charge in [0.1, 0.15) is 5.82 Å². The van der Waals surface area contributed by atoms with Crippen LogP contribution in [0.25, 0.3) is 11.0 Å². The van der Waals surface area contributed by atoms with E-state index < -0.39 is 0 Å². The Labute approximate surface area is 141 Å². The SMILES string of the molecule is CCSCC[C@@H](C)NC(=O)c1ccc2c(c1)nc(C)n2CCO. The Balaban J connectivity index is 2.09. The third kappa shape index (κ3) is 4.48. The highest BCUT2D eigenvalue weighted by molar-refractivity contribution is 7.99. The van der Waals surface area contributed by atoms with Crippen molar-refractivity contribution in [1.82, 2.24) is 14.9 Å². The number of rotatable bonds is 8. The summed E-state index contributed by atoms with van der Waals surface area (Å²) >= 11 is 1.89. The second-order valence-corrected chi connectivity index (χ2v) is 6.99. The fourth-order valence-corrected chi connectivity index (χ4v) is 3.37. The number of hydrogen-bond donors (Lipinski definition) is 2. The van der Waals surface area contributed by atoms with Crippen molar-refractivity contribution in [2.45, 2.75) is 39.8 Å². The van der Waals surface area contributed by atoms with Gasteiger partial charge in [-0.15, -0.1) is 0 Å². The molecule has 0 saturated heterocycles. The van der Waals surface area contributed by atoms with E-state index in [-0.39, 0.29) is 18.6 Å². The summed E-state index contributed by atoms with van der Waals surface area (Å²) in [6, 6.07) is 5.70. The van der Waals surface area contributed by atoms with E-state index in [0.717, 1.165) is 34.8 Å². The largest absolute Gasteiger partial charge is 0.395 e. The minimum Gasteiger partial charge on any atom is -0.395 e. The molecule has 1 aromatic heterocycles. The lowest BCUT2D eigenvalue weighted by atomic mass is 10.1. The van der Waals surface area contributed by atoms with E-state index in [9.17, 15) is 4.79 Å². The van der Waals surface area contributed by atoms with Crippen molar-refractivity contribution in [1.29, 1.82) is 0 Å². The van der Waals surface area contributed by atoms with E-state index in [1.165, 1.54) is 0 Å². The van der Waals surface area contributed by atoms with Crippen LogP contribution in [0.2, 0.25) is 0 Å². The first-order valence-electron chi connectivity index (χ1n) is 8.03. The molecule has 23 heavy (non-hydrogen) atoms. The maximum absolute atomic E-state index is 12.4. The van der Waals surface area contributed by atoms with Crippen molar-refractivity contribution >= 4 is 28.7 Å². The third-order valence-electron chi connectivity index (χ3n) is 3.80. The predicted octanol–water partition coefficient (Wildman–Crippen LogP) is 2.60. The van der Waals surface area contributed by atoms with Gasteiger partial charge < -0.3 is 15.0 Å². The van der Waals surface area contributed by atoms with E-state index >= 15 is 0 Å². The van der Waals surface area contributed by atoms with Crippen LogP contribution in [0, 0.1) is 6.92 Å². The lowest BCUT2D eigenvalue weighted by Crippen LogP contribution is -2.32. The molecule has 5 nitrogen and oxygen atoms in total. The van der Waals surface area contributed by atoms with E-state index in [0.29, 0.717) is 12.1 Å². The van der Waals surface area contributed by atoms with Crippen molar-refractivity contribution in [3.8, 4) is 0 Å². The number of nitrogens with one attached hydrogen (secondary N) is 1. The first-order chi connectivity index (χ1) is 11.1. The smallest absolute Gasteiger partial charge is 0.251 e. The number of aryl methyl sites for hydroxylation is 1. The molecule has 1 aromatic carbocycles. The zero-order valence-electron chi connectivity index (χ0n) is 14.0. The van der Waals surface area contributed by atoms with Gasteiger partial charge in [-0.05, 0) is 50.0 Å². The van der Waals surface area contributed by atoms with Crippen molar-refractivity contribution in [3.05, 3.63) is 29.6 Å². The molecular weight excluding hydrogens is 310 g/mol. The Morgan fingerprint density at radius 1 is 1.48 bits per heavy atom. The van der Waals surface area contributed by atoms with Crippen LogP contribution in [0.3, 0.4) is 0 Å². The molecule has 0 saturated carbocycles. The minimum absolute atomic E-state index is 0.0599. The normalized spacial score (nSPS) is 12.5. The average Bonchev–Trinajstić information content (AvgIpc) is 2.83. The number of hydrogen-bond acceptors (Lipinski definition) is 4. The zero-order valence-corrected chi connectivity index (χ0v) is 14.8. The number of aromatic nitrogens is 2. The number of imidazole rings is 1. The van der Waals surface area contributed by atoms with Crippen LogP contribution in [0.4, 0.5) is 0 Å². The Bertz CT molecular complexity index is 669. The molecule has 0 spiro atoms. The third-order valence-corrected chi connectivity index (χ3v) is 4.73. The van der Waals surface area contributed by atoms with E-state index in [1.54, 1.807) is 0 Å². The van der Waals surface area contributed by atoms with Crippen molar-refractivity contribution < 1.29 is 9.90 Å². The molecule has 1 heterocycles. The number of carbonyl (C=O) groups excluding carboxylic acids is 1. The molecule has 2 aromatic rings. The summed E-state index contributed by atoms with van der Waals surface area (Å²) in [6.45, 7) is 6.67. The molecule has 0 aliphatic rings. The van der Waals surface area contributed by atoms with Gasteiger partial charge >= 0.3 is 0 Å². The monoisotopic (exact) mass is 335 g/mol. The molecule has 1 atom stereocenters. The van der Waals surface area contributed by atoms with Gasteiger partial charge in [0.25, 0.3) is 5.91 Å². The average molecular weight is 335 g/mol. The molecule has 0 aliphatic heterocycles. The molecule has 2 N–H and O–H groups in total. The molecule has 6 heteroatoms. The molecule has 126 valence electrons. The van der Waals surface area contributed by atoms with Gasteiger partial charge in [0.15, 0.2) is 0 Å². The van der Waals surface area contributed by atoms with Crippen molar-refractivity contribution in [2.75, 3.05) is 18.1 Å². The molecule has 0 fully saturated rings. The van der Waals surface area contributed by atoms with E-state index in [1.807, 2.05) is 48.4 Å². The minimum atomic E-state index is -0.0599. The first-order valence-corrected chi connectivity index (χ1v) is 9.18. The van der Waals surface area contributed by atoms with Gasteiger partial charge in [-0.3, -0.25) is 4.79 Å². The number of nitrogens with zero attached hydrogens (tertiary/aromatic N) is 2. The number of benzene rings is 1. The van der Waals surface area contributed by atoms with Gasteiger partial charge in [0.05, 0.1) is 17.6 Å². The number of carbonyl (C=O) groups is 1. The van der Waals surface area contributed by atoms with Crippen LogP contribution in [0.5, 0.6) is 0 Å². The number of amides is 1. The highest BCUT2D eigenvalue weighted by atomic mass is 32.2. The highest BCUT2D eigenvalue weighted by Gasteiger charge is 2.13. The van der Waals surface area contributed by atoms with Crippen molar-refractivity contribution in [3.63, 3.8) is 0 Å². The van der Waals surface area contributed by atoms with Gasteiger partial charge in [-0.1, -0.05) is 6.92 Å². The first kappa shape index (κ1) is 17.8. The lowest BCUT2D eigenvalue weighted by Gasteiger charge is -2.13. The van der Waals surface area contributed by atoms with Gasteiger partial charge in [-0.2, -0.15) is 11.8 Å². The summed E-state index contributed by atoms with van der Waals surface area (Å²) in [6.07, 6.45) is 0.969. The molecule has 2 rings (SSSR count). The molecule has 0 radical (unpaired) electrons. The molecule has 0 bridgehead atoms. The summed E-state index contributed by atoms with van der Waals surface area (Å²) in [7, 11) is 0. The maximum atomic E-state index is 12.4. The maximum Gasteiger partial charge on any atom is 0.251 e. The zero-order chi connectivity index (χ0) is 16.8. The summed E-state index contributed by atoms with van der Waals surface area (Å²) in [5, 5.41) is 12.2. The second kappa shape index (κ2) is 8.36. The second-order valence-electron chi connectivity index (χ2n) is 5.60. The van der Waals surface area contributed by atoms with Crippen molar-refractivity contribution in [2.24, 2.45) is 0 Å². The Morgan fingerprint density at radius 2 is 2.26 bits per heavy atom. The Morgan fingerprint density at radius 3 is 2.96 bits per heavy atom. The number of aliphatic hydroxyl groups excluding tert-OH is 1. The fourth-order valence-electron chi connectivity index (χ4n) is 2.56. The van der Waals surface area contributed by atoms with E-state index in [4.69, 9.17) is 5.11 Å². The predicted molar refractivity (Wildman–Crippen MR) is 96.1 cm³/mol. The summed E-state index contributed by atoms with van der Waals surface area (Å²) in [5.74, 6) is 2.95. The highest BCUT2D eigenvalue weighted by Crippen LogP contribution is 2.18. The quantitative estimate of drug-likeness (QED) is 0.728. The summed E-state index contributed by atoms with van der Waals surface area (Å²) < 4.78 is 1.96. The van der Waals surface area contributed by atoms with Crippen LogP contribution in [-0.2, 0) is 6.54 Å². The topological polar surface area (TPSA) is 67.2 Å². The Kier molecular flexibility index (Phi) is 6.47. The van der Waals surface area contributed by atoms with Crippen LogP contribution >= 0.6 is 11.8 Å². The van der Waals surface area contributed by atoms with Crippen LogP contribution in [-0.4, -0.2) is 44.7 Å². The van der Waals surface area contributed by atoms with Crippen LogP contribution in [0.15, 0.2) is 18.2 Å². The van der Waals surface area contributed by atoms with Gasteiger partial charge in [0, 0.05) is 18.2 Å². The lowest BCUT2D eigenvalue weighted by molar-refractivity contribution is 0.0939. The molecule has 0 aliphatic carbocycles. The summed E-state index contributed by atoms with van der Waals surface area (Å²) in [5.41, 5.74) is 2.36. The Hall–Kier alpha value is -1.53. The molecule has 1 amide bonds. The van der Waals surface area contributed by atoms with Gasteiger partial charge in [-0.25, -0.2) is 4.98 Å². The number of aliphatic hydroxyl groups is 1. The molecular formula is C17H25N3O2S. The number of fused-ring (bicyclic) bond motifs is 1. The van der Waals surface area contributed by atoms with Gasteiger partial charge in [0.2, 0.25) is 0 Å². The summed E-state index contributed by atoms with van der Waals surface area (Å²) in [4.78, 5) is 16.8.